The van der Waals surface area contributed by atoms with Gasteiger partial charge in [0.1, 0.15) is 5.82 Å². The van der Waals surface area contributed by atoms with Gasteiger partial charge in [0.2, 0.25) is 11.3 Å². The van der Waals surface area contributed by atoms with Gasteiger partial charge in [-0.05, 0) is 47.4 Å². The summed E-state index contributed by atoms with van der Waals surface area (Å²) in [4.78, 5) is 16.9. The third-order valence-electron chi connectivity index (χ3n) is 5.11. The van der Waals surface area contributed by atoms with E-state index in [1.54, 1.807) is 25.2 Å². The molecule has 0 bridgehead atoms. The van der Waals surface area contributed by atoms with Gasteiger partial charge in [0.15, 0.2) is 0 Å². The lowest BCUT2D eigenvalue weighted by Gasteiger charge is -2.14. The Bertz CT molecular complexity index is 1220. The molecule has 1 aromatic heterocycles. The molecule has 154 valence electrons. The molecular formula is C22H20FN3O3S. The maximum absolute atomic E-state index is 13.4. The second kappa shape index (κ2) is 8.43. The summed E-state index contributed by atoms with van der Waals surface area (Å²) in [5, 5.41) is 0. The fourth-order valence-corrected chi connectivity index (χ4v) is 3.88. The van der Waals surface area contributed by atoms with Crippen LogP contribution in [0.15, 0.2) is 64.5 Å². The summed E-state index contributed by atoms with van der Waals surface area (Å²) in [5.41, 5.74) is 5.94. The lowest BCUT2D eigenvalue weighted by atomic mass is 9.91. The lowest BCUT2D eigenvalue weighted by molar-refractivity contribution is 0.549. The molecule has 8 heteroatoms. The average molecular weight is 425 g/mol. The van der Waals surface area contributed by atoms with Crippen LogP contribution >= 0.6 is 0 Å². The summed E-state index contributed by atoms with van der Waals surface area (Å²) in [6.45, 7) is 0.689. The highest BCUT2D eigenvalue weighted by molar-refractivity contribution is 7.77. The highest BCUT2D eigenvalue weighted by atomic mass is 32.2. The fourth-order valence-electron chi connectivity index (χ4n) is 3.61. The molecule has 0 radical (unpaired) electrons. The van der Waals surface area contributed by atoms with Gasteiger partial charge in [0.05, 0.1) is 12.3 Å². The van der Waals surface area contributed by atoms with Gasteiger partial charge in [-0.15, -0.1) is 0 Å². The lowest BCUT2D eigenvalue weighted by Crippen LogP contribution is -2.19. The number of hydrogen-bond donors (Lipinski definition) is 2. The van der Waals surface area contributed by atoms with Crippen LogP contribution in [-0.4, -0.2) is 25.6 Å². The Morgan fingerprint density at radius 2 is 1.90 bits per heavy atom. The maximum atomic E-state index is 13.4. The third-order valence-corrected chi connectivity index (χ3v) is 5.56. The van der Waals surface area contributed by atoms with Gasteiger partial charge >= 0.3 is 0 Å². The SMILES string of the molecule is Cn1cc2c(cc1=O)CN=C(c1ccc(F)cc1)c1ccc(CCNS(=O)O)cc1-2. The van der Waals surface area contributed by atoms with Crippen LogP contribution in [-0.2, 0) is 31.3 Å². The maximum Gasteiger partial charge on any atom is 0.250 e. The van der Waals surface area contributed by atoms with Crippen molar-refractivity contribution in [3.63, 3.8) is 0 Å². The van der Waals surface area contributed by atoms with Gasteiger partial charge in [0.25, 0.3) is 5.56 Å². The molecule has 0 fully saturated rings. The number of rotatable bonds is 5. The van der Waals surface area contributed by atoms with Crippen molar-refractivity contribution < 1.29 is 13.2 Å². The molecule has 2 aromatic carbocycles. The topological polar surface area (TPSA) is 83.7 Å². The van der Waals surface area contributed by atoms with Crippen molar-refractivity contribution in [3.8, 4) is 11.1 Å². The smallest absolute Gasteiger partial charge is 0.250 e. The third kappa shape index (κ3) is 4.16. The van der Waals surface area contributed by atoms with E-state index >= 15 is 0 Å². The molecule has 0 aliphatic carbocycles. The molecule has 3 aromatic rings. The average Bonchev–Trinajstić information content (AvgIpc) is 2.86. The van der Waals surface area contributed by atoms with E-state index in [1.807, 2.05) is 24.4 Å². The molecule has 2 N–H and O–H groups in total. The Hall–Kier alpha value is -2.94. The molecule has 1 aliphatic rings. The monoisotopic (exact) mass is 425 g/mol. The predicted molar refractivity (Wildman–Crippen MR) is 115 cm³/mol. The summed E-state index contributed by atoms with van der Waals surface area (Å²) in [5.74, 6) is -0.316. The number of fused-ring (bicyclic) bond motifs is 3. The molecule has 0 spiro atoms. The first kappa shape index (κ1) is 20.3. The van der Waals surface area contributed by atoms with E-state index in [-0.39, 0.29) is 11.4 Å². The van der Waals surface area contributed by atoms with Gasteiger partial charge < -0.3 is 4.57 Å². The van der Waals surface area contributed by atoms with Crippen molar-refractivity contribution in [2.24, 2.45) is 12.0 Å². The standard InChI is InChI=1S/C22H20FN3O3S/c1-26-13-20-16(11-21(26)27)12-24-22(15-3-5-17(23)6-4-15)18-7-2-14(10-19(18)20)8-9-25-30(28)29/h2-7,10-11,13,25H,8-9,12H2,1H3,(H,28,29). The quantitative estimate of drug-likeness (QED) is 0.617. The van der Waals surface area contributed by atoms with Crippen molar-refractivity contribution in [2.45, 2.75) is 13.0 Å². The van der Waals surface area contributed by atoms with Crippen molar-refractivity contribution in [2.75, 3.05) is 6.54 Å². The number of nitrogens with one attached hydrogen (secondary N) is 1. The molecule has 0 amide bonds. The van der Waals surface area contributed by atoms with Crippen LogP contribution in [0.1, 0.15) is 22.3 Å². The number of hydrogen-bond acceptors (Lipinski definition) is 3. The molecule has 4 rings (SSSR count). The first-order valence-electron chi connectivity index (χ1n) is 9.40. The van der Waals surface area contributed by atoms with E-state index < -0.39 is 11.3 Å². The van der Waals surface area contributed by atoms with Gasteiger partial charge in [-0.25, -0.2) is 13.3 Å². The first-order chi connectivity index (χ1) is 14.4. The molecule has 0 saturated carbocycles. The summed E-state index contributed by atoms with van der Waals surface area (Å²) in [7, 11) is 1.71. The van der Waals surface area contributed by atoms with Crippen LogP contribution in [0, 0.1) is 5.82 Å². The number of aliphatic imine (C=N–C) groups is 1. The minimum atomic E-state index is -2.06. The summed E-state index contributed by atoms with van der Waals surface area (Å²) in [6.07, 6.45) is 2.37. The predicted octanol–water partition coefficient (Wildman–Crippen LogP) is 2.81. The van der Waals surface area contributed by atoms with Gasteiger partial charge in [-0.1, -0.05) is 18.2 Å². The second-order valence-corrected chi connectivity index (χ2v) is 7.89. The molecule has 1 aliphatic heterocycles. The van der Waals surface area contributed by atoms with Crippen LogP contribution in [0.5, 0.6) is 0 Å². The Morgan fingerprint density at radius 3 is 2.63 bits per heavy atom. The number of aryl methyl sites for hydroxylation is 1. The van der Waals surface area contributed by atoms with Gasteiger partial charge in [-0.2, -0.15) is 0 Å². The zero-order chi connectivity index (χ0) is 21.3. The minimum Gasteiger partial charge on any atom is -0.318 e. The van der Waals surface area contributed by atoms with E-state index in [2.05, 4.69) is 4.72 Å². The van der Waals surface area contributed by atoms with Gasteiger partial charge in [-0.3, -0.25) is 14.3 Å². The zero-order valence-electron chi connectivity index (χ0n) is 16.3. The number of aromatic nitrogens is 1. The van der Waals surface area contributed by atoms with E-state index in [9.17, 15) is 13.4 Å². The Balaban J connectivity index is 1.85. The molecule has 1 unspecified atom stereocenters. The Kier molecular flexibility index (Phi) is 5.72. The van der Waals surface area contributed by atoms with Crippen LogP contribution in [0.25, 0.3) is 11.1 Å². The fraction of sp³-hybridized carbons (Fsp3) is 0.182. The van der Waals surface area contributed by atoms with Gasteiger partial charge in [0, 0.05) is 42.5 Å². The number of benzene rings is 2. The van der Waals surface area contributed by atoms with Crippen molar-refractivity contribution in [3.05, 3.63) is 93.2 Å². The largest absolute Gasteiger partial charge is 0.318 e. The number of nitrogens with zero attached hydrogens (tertiary/aromatic N) is 2. The second-order valence-electron chi connectivity index (χ2n) is 7.11. The van der Waals surface area contributed by atoms with Crippen molar-refractivity contribution in [1.82, 2.24) is 9.29 Å². The zero-order valence-corrected chi connectivity index (χ0v) is 17.1. The highest BCUT2D eigenvalue weighted by Crippen LogP contribution is 2.33. The summed E-state index contributed by atoms with van der Waals surface area (Å²) in [6, 6.07) is 13.7. The molecule has 6 nitrogen and oxygen atoms in total. The molecular weight excluding hydrogens is 405 g/mol. The van der Waals surface area contributed by atoms with Crippen LogP contribution in [0.3, 0.4) is 0 Å². The molecule has 0 saturated heterocycles. The first-order valence-corrected chi connectivity index (χ1v) is 10.5. The normalized spacial score (nSPS) is 13.8. The Labute approximate surface area is 175 Å². The van der Waals surface area contributed by atoms with Crippen LogP contribution < -0.4 is 10.3 Å². The van der Waals surface area contributed by atoms with Crippen molar-refractivity contribution in [1.29, 1.82) is 0 Å². The van der Waals surface area contributed by atoms with E-state index in [0.29, 0.717) is 19.5 Å². The molecule has 2 heterocycles. The molecule has 1 atom stereocenters. The highest BCUT2D eigenvalue weighted by Gasteiger charge is 2.20. The van der Waals surface area contributed by atoms with E-state index in [0.717, 1.165) is 39.1 Å². The van der Waals surface area contributed by atoms with Crippen LogP contribution in [0.2, 0.25) is 0 Å². The summed E-state index contributed by atoms with van der Waals surface area (Å²) >= 11 is -2.06. The van der Waals surface area contributed by atoms with Crippen molar-refractivity contribution >= 4 is 17.0 Å². The van der Waals surface area contributed by atoms with E-state index in [1.165, 1.54) is 16.7 Å². The number of pyridine rings is 1. The molecule has 30 heavy (non-hydrogen) atoms. The summed E-state index contributed by atoms with van der Waals surface area (Å²) < 4.78 is 37.2. The number of halogens is 1. The minimum absolute atomic E-state index is 0.110. The van der Waals surface area contributed by atoms with E-state index in [4.69, 9.17) is 9.55 Å². The Morgan fingerprint density at radius 1 is 1.13 bits per heavy atom. The van der Waals surface area contributed by atoms with Crippen LogP contribution in [0.4, 0.5) is 4.39 Å².